The average molecular weight is 223 g/mol. The maximum absolute atomic E-state index is 11.2. The molecule has 5 heteroatoms. The van der Waals surface area contributed by atoms with Crippen LogP contribution in [-0.4, -0.2) is 29.1 Å². The van der Waals surface area contributed by atoms with E-state index < -0.39 is 0 Å². The number of ether oxygens (including phenoxy) is 1. The number of carbonyl (C=O) groups is 1. The Hall–Kier alpha value is -1.49. The van der Waals surface area contributed by atoms with Gasteiger partial charge in [0.1, 0.15) is 6.33 Å². The lowest BCUT2D eigenvalue weighted by Crippen LogP contribution is -2.25. The third-order valence-electron chi connectivity index (χ3n) is 1.98. The molecule has 0 saturated carbocycles. The van der Waals surface area contributed by atoms with Crippen LogP contribution in [0, 0.1) is 0 Å². The van der Waals surface area contributed by atoms with Gasteiger partial charge in [-0.2, -0.15) is 0 Å². The van der Waals surface area contributed by atoms with Crippen LogP contribution in [0.25, 0.3) is 0 Å². The van der Waals surface area contributed by atoms with Crippen LogP contribution in [0.3, 0.4) is 0 Å². The third kappa shape index (κ3) is 5.41. The first-order chi connectivity index (χ1) is 7.83. The highest BCUT2D eigenvalue weighted by atomic mass is 16.5. The molecule has 5 nitrogen and oxygen atoms in total. The van der Waals surface area contributed by atoms with Gasteiger partial charge in [0.15, 0.2) is 0 Å². The van der Waals surface area contributed by atoms with Crippen molar-refractivity contribution in [2.75, 3.05) is 13.2 Å². The molecule has 0 saturated heterocycles. The predicted molar refractivity (Wildman–Crippen MR) is 59.6 cm³/mol. The molecule has 1 aromatic heterocycles. The minimum Gasteiger partial charge on any atom is -0.465 e. The Kier molecular flexibility index (Phi) is 6.10. The second-order valence-electron chi connectivity index (χ2n) is 3.38. The summed E-state index contributed by atoms with van der Waals surface area (Å²) < 4.78 is 4.99. The molecule has 0 radical (unpaired) electrons. The van der Waals surface area contributed by atoms with Crippen LogP contribution < -0.4 is 5.32 Å². The lowest BCUT2D eigenvalue weighted by molar-refractivity contribution is -0.142. The molecule has 0 unspecified atom stereocenters. The van der Waals surface area contributed by atoms with Gasteiger partial charge in [-0.15, -0.1) is 0 Å². The van der Waals surface area contributed by atoms with Gasteiger partial charge in [-0.3, -0.25) is 4.79 Å². The Morgan fingerprint density at radius 2 is 2.44 bits per heavy atom. The molecule has 1 aromatic rings. The van der Waals surface area contributed by atoms with Gasteiger partial charge in [0.2, 0.25) is 0 Å². The number of hydrogen-bond acceptors (Lipinski definition) is 5. The molecule has 1 N–H and O–H groups in total. The van der Waals surface area contributed by atoms with Crippen molar-refractivity contribution in [3.05, 3.63) is 24.3 Å². The van der Waals surface area contributed by atoms with Gasteiger partial charge in [-0.05, 0) is 12.5 Å². The van der Waals surface area contributed by atoms with E-state index in [0.29, 0.717) is 13.2 Å². The second kappa shape index (κ2) is 7.76. The van der Waals surface area contributed by atoms with E-state index in [4.69, 9.17) is 4.74 Å². The number of carbonyl (C=O) groups excluding carboxylic acids is 1. The topological polar surface area (TPSA) is 64.1 Å². The molecular formula is C11H17N3O2. The summed E-state index contributed by atoms with van der Waals surface area (Å²) in [5.74, 6) is -0.220. The van der Waals surface area contributed by atoms with Crippen molar-refractivity contribution in [3.8, 4) is 0 Å². The van der Waals surface area contributed by atoms with Gasteiger partial charge >= 0.3 is 5.97 Å². The monoisotopic (exact) mass is 223 g/mol. The van der Waals surface area contributed by atoms with Crippen molar-refractivity contribution in [3.63, 3.8) is 0 Å². The number of hydrogen-bond donors (Lipinski definition) is 1. The van der Waals surface area contributed by atoms with E-state index >= 15 is 0 Å². The molecule has 0 aliphatic carbocycles. The van der Waals surface area contributed by atoms with E-state index in [9.17, 15) is 4.79 Å². The highest BCUT2D eigenvalue weighted by Crippen LogP contribution is 1.90. The first-order valence-electron chi connectivity index (χ1n) is 5.44. The number of nitrogens with one attached hydrogen (secondary N) is 1. The van der Waals surface area contributed by atoms with Gasteiger partial charge in [-0.25, -0.2) is 9.97 Å². The fourth-order valence-corrected chi connectivity index (χ4v) is 1.10. The standard InChI is InChI=1S/C11H17N3O2/c1-2-3-6-16-11(15)8-13-7-10-4-5-12-9-14-10/h4-5,9,13H,2-3,6-8H2,1H3. The average Bonchev–Trinajstić information content (AvgIpc) is 2.31. The molecule has 0 fully saturated rings. The van der Waals surface area contributed by atoms with Crippen molar-refractivity contribution >= 4 is 5.97 Å². The van der Waals surface area contributed by atoms with Crippen molar-refractivity contribution in [2.24, 2.45) is 0 Å². The van der Waals surface area contributed by atoms with Crippen molar-refractivity contribution < 1.29 is 9.53 Å². The van der Waals surface area contributed by atoms with Gasteiger partial charge in [0.25, 0.3) is 0 Å². The molecule has 16 heavy (non-hydrogen) atoms. The molecule has 0 bridgehead atoms. The summed E-state index contributed by atoms with van der Waals surface area (Å²) in [6, 6.07) is 1.80. The second-order valence-corrected chi connectivity index (χ2v) is 3.38. The lowest BCUT2D eigenvalue weighted by atomic mass is 10.4. The highest BCUT2D eigenvalue weighted by Gasteiger charge is 2.01. The summed E-state index contributed by atoms with van der Waals surface area (Å²) in [6.45, 7) is 3.32. The lowest BCUT2D eigenvalue weighted by Gasteiger charge is -2.05. The molecule has 0 aliphatic heterocycles. The quantitative estimate of drug-likeness (QED) is 0.550. The first-order valence-corrected chi connectivity index (χ1v) is 5.44. The number of esters is 1. The predicted octanol–water partition coefficient (Wildman–Crippen LogP) is 0.909. The Morgan fingerprint density at radius 1 is 1.56 bits per heavy atom. The van der Waals surface area contributed by atoms with E-state index in [1.54, 1.807) is 12.3 Å². The fourth-order valence-electron chi connectivity index (χ4n) is 1.10. The van der Waals surface area contributed by atoms with Crippen LogP contribution in [-0.2, 0) is 16.1 Å². The van der Waals surface area contributed by atoms with Crippen LogP contribution in [0.15, 0.2) is 18.6 Å². The molecular weight excluding hydrogens is 206 g/mol. The van der Waals surface area contributed by atoms with Crippen molar-refractivity contribution in [1.82, 2.24) is 15.3 Å². The van der Waals surface area contributed by atoms with Gasteiger partial charge in [0.05, 0.1) is 18.8 Å². The Balaban J connectivity index is 2.09. The van der Waals surface area contributed by atoms with Gasteiger partial charge in [-0.1, -0.05) is 13.3 Å². The Bertz CT molecular complexity index is 303. The summed E-state index contributed by atoms with van der Waals surface area (Å²) in [6.07, 6.45) is 5.10. The zero-order valence-electron chi connectivity index (χ0n) is 9.48. The van der Waals surface area contributed by atoms with Crippen LogP contribution in [0.5, 0.6) is 0 Å². The number of nitrogens with zero attached hydrogens (tertiary/aromatic N) is 2. The summed E-state index contributed by atoms with van der Waals surface area (Å²) in [7, 11) is 0. The first kappa shape index (κ1) is 12.6. The summed E-state index contributed by atoms with van der Waals surface area (Å²) in [4.78, 5) is 19.0. The third-order valence-corrected chi connectivity index (χ3v) is 1.98. The maximum Gasteiger partial charge on any atom is 0.319 e. The van der Waals surface area contributed by atoms with Crippen molar-refractivity contribution in [2.45, 2.75) is 26.3 Å². The number of unbranched alkanes of at least 4 members (excludes halogenated alkanes) is 1. The van der Waals surface area contributed by atoms with E-state index in [1.807, 2.05) is 0 Å². The highest BCUT2D eigenvalue weighted by molar-refractivity contribution is 5.71. The smallest absolute Gasteiger partial charge is 0.319 e. The van der Waals surface area contributed by atoms with Crippen LogP contribution in [0.2, 0.25) is 0 Å². The molecule has 0 atom stereocenters. The molecule has 88 valence electrons. The largest absolute Gasteiger partial charge is 0.465 e. The Labute approximate surface area is 95.3 Å². The van der Waals surface area contributed by atoms with Crippen LogP contribution in [0.4, 0.5) is 0 Å². The van der Waals surface area contributed by atoms with E-state index in [0.717, 1.165) is 18.5 Å². The van der Waals surface area contributed by atoms with Crippen molar-refractivity contribution in [1.29, 1.82) is 0 Å². The van der Waals surface area contributed by atoms with E-state index in [1.165, 1.54) is 6.33 Å². The zero-order valence-corrected chi connectivity index (χ0v) is 9.48. The SMILES string of the molecule is CCCCOC(=O)CNCc1ccncn1. The molecule has 0 spiro atoms. The van der Waals surface area contributed by atoms with Crippen LogP contribution in [0.1, 0.15) is 25.5 Å². The molecule has 0 aromatic carbocycles. The molecule has 0 amide bonds. The number of rotatable bonds is 7. The minimum absolute atomic E-state index is 0.216. The Morgan fingerprint density at radius 3 is 3.12 bits per heavy atom. The van der Waals surface area contributed by atoms with Gasteiger partial charge < -0.3 is 10.1 Å². The summed E-state index contributed by atoms with van der Waals surface area (Å²) in [5.41, 5.74) is 0.858. The zero-order chi connectivity index (χ0) is 11.6. The van der Waals surface area contributed by atoms with Crippen LogP contribution >= 0.6 is 0 Å². The molecule has 1 heterocycles. The minimum atomic E-state index is -0.220. The van der Waals surface area contributed by atoms with Gasteiger partial charge in [0, 0.05) is 12.7 Å². The summed E-state index contributed by atoms with van der Waals surface area (Å²) in [5, 5.41) is 2.96. The fraction of sp³-hybridized carbons (Fsp3) is 0.545. The maximum atomic E-state index is 11.2. The van der Waals surface area contributed by atoms with E-state index in [-0.39, 0.29) is 12.5 Å². The van der Waals surface area contributed by atoms with E-state index in [2.05, 4.69) is 22.2 Å². The number of aromatic nitrogens is 2. The molecule has 0 aliphatic rings. The normalized spacial score (nSPS) is 10.1. The summed E-state index contributed by atoms with van der Waals surface area (Å²) >= 11 is 0. The molecule has 1 rings (SSSR count).